The molecule has 4 aromatic rings. The summed E-state index contributed by atoms with van der Waals surface area (Å²) in [5, 5.41) is 0.981. The Balaban J connectivity index is 1.36. The molecule has 0 radical (unpaired) electrons. The molecule has 164 valence electrons. The van der Waals surface area contributed by atoms with Crippen molar-refractivity contribution >= 4 is 27.5 Å². The zero-order chi connectivity index (χ0) is 22.1. The predicted octanol–water partition coefficient (Wildman–Crippen LogP) is 4.92. The van der Waals surface area contributed by atoms with E-state index >= 15 is 0 Å². The summed E-state index contributed by atoms with van der Waals surface area (Å²) < 4.78 is 5.47. The van der Waals surface area contributed by atoms with Gasteiger partial charge in [0.2, 0.25) is 0 Å². The summed E-state index contributed by atoms with van der Waals surface area (Å²) >= 11 is 1.46. The number of hydrogen-bond acceptors (Lipinski definition) is 6. The lowest BCUT2D eigenvalue weighted by Gasteiger charge is -2.22. The van der Waals surface area contributed by atoms with E-state index in [1.54, 1.807) is 6.26 Å². The zero-order valence-electron chi connectivity index (χ0n) is 18.4. The Morgan fingerprint density at radius 2 is 1.88 bits per heavy atom. The molecule has 3 aromatic heterocycles. The van der Waals surface area contributed by atoms with Gasteiger partial charge in [-0.15, -0.1) is 11.3 Å². The molecule has 0 spiro atoms. The van der Waals surface area contributed by atoms with Gasteiger partial charge in [-0.2, -0.15) is 0 Å². The topological polar surface area (TPSA) is 62.5 Å². The summed E-state index contributed by atoms with van der Waals surface area (Å²) in [6.45, 7) is 8.30. The van der Waals surface area contributed by atoms with E-state index in [9.17, 15) is 4.79 Å². The van der Waals surface area contributed by atoms with Crippen molar-refractivity contribution in [2.45, 2.75) is 26.8 Å². The van der Waals surface area contributed by atoms with Crippen LogP contribution in [-0.4, -0.2) is 51.9 Å². The van der Waals surface area contributed by atoms with E-state index < -0.39 is 0 Å². The van der Waals surface area contributed by atoms with Crippen LogP contribution in [0.2, 0.25) is 0 Å². The minimum atomic E-state index is 0.103. The van der Waals surface area contributed by atoms with E-state index in [0.29, 0.717) is 11.6 Å². The highest BCUT2D eigenvalue weighted by molar-refractivity contribution is 7.20. The molecule has 0 saturated carbocycles. The first kappa shape index (κ1) is 20.8. The molecule has 7 heteroatoms. The first-order valence-electron chi connectivity index (χ1n) is 11.0. The van der Waals surface area contributed by atoms with E-state index in [1.807, 2.05) is 36.9 Å². The van der Waals surface area contributed by atoms with Crippen molar-refractivity contribution in [1.29, 1.82) is 0 Å². The summed E-state index contributed by atoms with van der Waals surface area (Å²) in [4.78, 5) is 28.9. The van der Waals surface area contributed by atoms with Crippen molar-refractivity contribution < 1.29 is 9.21 Å². The fourth-order valence-electron chi connectivity index (χ4n) is 4.38. The van der Waals surface area contributed by atoms with Gasteiger partial charge in [-0.05, 0) is 43.5 Å². The van der Waals surface area contributed by atoms with Gasteiger partial charge in [-0.1, -0.05) is 30.3 Å². The normalized spacial score (nSPS) is 15.2. The summed E-state index contributed by atoms with van der Waals surface area (Å²) in [5.41, 5.74) is 3.16. The van der Waals surface area contributed by atoms with Crippen LogP contribution in [0, 0.1) is 13.8 Å². The number of carbonyl (C=O) groups is 1. The lowest BCUT2D eigenvalue weighted by atomic mass is 10.1. The van der Waals surface area contributed by atoms with Crippen LogP contribution < -0.4 is 0 Å². The highest BCUT2D eigenvalue weighted by atomic mass is 32.1. The molecular formula is C25H26N4O2S. The minimum absolute atomic E-state index is 0.103. The number of thiophene rings is 1. The number of hydrogen-bond donors (Lipinski definition) is 0. The first-order chi connectivity index (χ1) is 15.6. The van der Waals surface area contributed by atoms with Crippen LogP contribution in [0.3, 0.4) is 0 Å². The Morgan fingerprint density at radius 1 is 1.03 bits per heavy atom. The van der Waals surface area contributed by atoms with Crippen molar-refractivity contribution in [2.24, 2.45) is 0 Å². The Morgan fingerprint density at radius 3 is 2.66 bits per heavy atom. The third-order valence-corrected chi connectivity index (χ3v) is 7.21. The van der Waals surface area contributed by atoms with Gasteiger partial charge >= 0.3 is 0 Å². The largest absolute Gasteiger partial charge is 0.461 e. The van der Waals surface area contributed by atoms with Crippen LogP contribution in [0.4, 0.5) is 0 Å². The molecule has 0 N–H and O–H groups in total. The van der Waals surface area contributed by atoms with Gasteiger partial charge < -0.3 is 9.32 Å². The van der Waals surface area contributed by atoms with Gasteiger partial charge in [0, 0.05) is 38.1 Å². The molecule has 4 heterocycles. The standard InChI is InChI=1S/C25H26N4O2S/c1-17-21-18(2)26-23(20-10-6-15-31-20)27-24(21)32-22(17)25(30)29-12-7-11-28(13-14-29)16-19-8-4-3-5-9-19/h3-6,8-10,15H,7,11-14,16H2,1-2H3. The van der Waals surface area contributed by atoms with Crippen LogP contribution in [0.1, 0.15) is 32.9 Å². The van der Waals surface area contributed by atoms with Crippen molar-refractivity contribution in [1.82, 2.24) is 19.8 Å². The van der Waals surface area contributed by atoms with Crippen molar-refractivity contribution in [3.8, 4) is 11.6 Å². The number of aromatic nitrogens is 2. The second-order valence-corrected chi connectivity index (χ2v) is 9.25. The van der Waals surface area contributed by atoms with Crippen LogP contribution in [-0.2, 0) is 6.54 Å². The third-order valence-electron chi connectivity index (χ3n) is 6.03. The predicted molar refractivity (Wildman–Crippen MR) is 127 cm³/mol. The van der Waals surface area contributed by atoms with Crippen LogP contribution in [0.5, 0.6) is 0 Å². The fraction of sp³-hybridized carbons (Fsp3) is 0.320. The lowest BCUT2D eigenvalue weighted by Crippen LogP contribution is -2.35. The van der Waals surface area contributed by atoms with E-state index in [1.165, 1.54) is 16.9 Å². The number of furan rings is 1. The second-order valence-electron chi connectivity index (χ2n) is 8.25. The number of benzene rings is 1. The average Bonchev–Trinajstić information content (AvgIpc) is 3.38. The number of rotatable bonds is 4. The monoisotopic (exact) mass is 446 g/mol. The molecular weight excluding hydrogens is 420 g/mol. The van der Waals surface area contributed by atoms with E-state index in [2.05, 4.69) is 34.1 Å². The summed E-state index contributed by atoms with van der Waals surface area (Å²) in [6.07, 6.45) is 2.59. The van der Waals surface area contributed by atoms with Crippen LogP contribution in [0.25, 0.3) is 21.8 Å². The van der Waals surface area contributed by atoms with Gasteiger partial charge in [0.05, 0.1) is 16.8 Å². The first-order valence-corrected chi connectivity index (χ1v) is 11.8. The number of carbonyl (C=O) groups excluding carboxylic acids is 1. The molecule has 5 rings (SSSR count). The Hall–Kier alpha value is -3.03. The van der Waals surface area contributed by atoms with Crippen LogP contribution in [0.15, 0.2) is 53.1 Å². The smallest absolute Gasteiger partial charge is 0.264 e. The molecule has 0 unspecified atom stereocenters. The second kappa shape index (κ2) is 8.84. The van der Waals surface area contributed by atoms with E-state index in [-0.39, 0.29) is 5.91 Å². The van der Waals surface area contributed by atoms with E-state index in [4.69, 9.17) is 9.40 Å². The van der Waals surface area contributed by atoms with Gasteiger partial charge in [-0.3, -0.25) is 9.69 Å². The maximum absolute atomic E-state index is 13.5. The Bertz CT molecular complexity index is 1230. The molecule has 1 amide bonds. The van der Waals surface area contributed by atoms with Gasteiger partial charge in [0.15, 0.2) is 11.6 Å². The Labute approximate surface area is 191 Å². The average molecular weight is 447 g/mol. The van der Waals surface area contributed by atoms with Gasteiger partial charge in [0.1, 0.15) is 4.83 Å². The van der Waals surface area contributed by atoms with Crippen LogP contribution >= 0.6 is 11.3 Å². The maximum Gasteiger partial charge on any atom is 0.264 e. The summed E-state index contributed by atoms with van der Waals surface area (Å²) in [7, 11) is 0. The zero-order valence-corrected chi connectivity index (χ0v) is 19.2. The summed E-state index contributed by atoms with van der Waals surface area (Å²) in [5.74, 6) is 1.30. The molecule has 1 aliphatic rings. The number of nitrogens with zero attached hydrogens (tertiary/aromatic N) is 4. The van der Waals surface area contributed by atoms with Crippen molar-refractivity contribution in [3.05, 3.63) is 70.4 Å². The SMILES string of the molecule is Cc1nc(-c2ccco2)nc2sc(C(=O)N3CCCN(Cc4ccccc4)CC3)c(C)c12. The molecule has 0 aliphatic carbocycles. The molecule has 1 saturated heterocycles. The third kappa shape index (κ3) is 4.06. The molecule has 6 nitrogen and oxygen atoms in total. The van der Waals surface area contributed by atoms with Gasteiger partial charge in [-0.25, -0.2) is 9.97 Å². The fourth-order valence-corrected chi connectivity index (χ4v) is 5.58. The van der Waals surface area contributed by atoms with Gasteiger partial charge in [0.25, 0.3) is 5.91 Å². The molecule has 1 aliphatic heterocycles. The highest BCUT2D eigenvalue weighted by Gasteiger charge is 2.25. The number of fused-ring (bicyclic) bond motifs is 1. The molecule has 1 aromatic carbocycles. The van der Waals surface area contributed by atoms with E-state index in [0.717, 1.165) is 65.5 Å². The van der Waals surface area contributed by atoms with Crippen molar-refractivity contribution in [3.63, 3.8) is 0 Å². The number of amides is 1. The molecule has 1 fully saturated rings. The number of aryl methyl sites for hydroxylation is 2. The maximum atomic E-state index is 13.5. The van der Waals surface area contributed by atoms with Crippen molar-refractivity contribution in [2.75, 3.05) is 26.2 Å². The molecule has 32 heavy (non-hydrogen) atoms. The quantitative estimate of drug-likeness (QED) is 0.445. The summed E-state index contributed by atoms with van der Waals surface area (Å²) in [6, 6.07) is 14.2. The lowest BCUT2D eigenvalue weighted by molar-refractivity contribution is 0.0765. The highest BCUT2D eigenvalue weighted by Crippen LogP contribution is 2.34. The minimum Gasteiger partial charge on any atom is -0.461 e. The Kier molecular flexibility index (Phi) is 5.76. The molecule has 0 bridgehead atoms. The molecule has 0 atom stereocenters.